The molecule has 0 spiro atoms. The molecule has 0 saturated heterocycles. The topological polar surface area (TPSA) is 34.1 Å². The summed E-state index contributed by atoms with van der Waals surface area (Å²) in [5.41, 5.74) is 4.92. The molecule has 0 amide bonds. The highest BCUT2D eigenvalue weighted by molar-refractivity contribution is 7.95. The van der Waals surface area contributed by atoms with Crippen molar-refractivity contribution in [2.75, 3.05) is 0 Å². The lowest BCUT2D eigenvalue weighted by Crippen LogP contribution is -2.06. The van der Waals surface area contributed by atoms with E-state index in [2.05, 4.69) is 25.1 Å². The van der Waals surface area contributed by atoms with Gasteiger partial charge in [-0.3, -0.25) is 0 Å². The summed E-state index contributed by atoms with van der Waals surface area (Å²) < 4.78 is 25.5. The smallest absolute Gasteiger partial charge is 0.202 e. The molecule has 1 atom stereocenters. The number of hydrogen-bond donors (Lipinski definition) is 0. The van der Waals surface area contributed by atoms with Crippen LogP contribution in [-0.4, -0.2) is 8.42 Å². The van der Waals surface area contributed by atoms with Crippen molar-refractivity contribution < 1.29 is 8.42 Å². The summed E-state index contributed by atoms with van der Waals surface area (Å²) in [7, 11) is -3.40. The SMILES string of the molecule is C/C=C(\C)S(=O)(=O)c1ccccc1Cc1ccc2c(c1)CCC2C. The van der Waals surface area contributed by atoms with E-state index in [0.717, 1.165) is 12.0 Å². The van der Waals surface area contributed by atoms with E-state index in [1.54, 1.807) is 32.1 Å². The molecule has 0 aliphatic heterocycles. The monoisotopic (exact) mass is 340 g/mol. The number of fused-ring (bicyclic) bond motifs is 1. The molecule has 2 aromatic rings. The summed E-state index contributed by atoms with van der Waals surface area (Å²) in [4.78, 5) is 0.826. The second kappa shape index (κ2) is 6.56. The average molecular weight is 340 g/mol. The van der Waals surface area contributed by atoms with Gasteiger partial charge in [0.1, 0.15) is 0 Å². The molecule has 0 N–H and O–H groups in total. The summed E-state index contributed by atoms with van der Waals surface area (Å²) in [5, 5.41) is 0. The van der Waals surface area contributed by atoms with Crippen LogP contribution in [0.4, 0.5) is 0 Å². The Balaban J connectivity index is 1.98. The Morgan fingerprint density at radius 2 is 1.96 bits per heavy atom. The summed E-state index contributed by atoms with van der Waals surface area (Å²) >= 11 is 0. The van der Waals surface area contributed by atoms with Crippen molar-refractivity contribution in [2.24, 2.45) is 0 Å². The standard InChI is InChI=1S/C21H24O2S/c1-4-16(3)24(22,23)21-8-6-5-7-19(21)14-17-10-12-20-15(2)9-11-18(20)13-17/h4-8,10,12-13,15H,9,11,14H2,1-3H3/b16-4+. The molecule has 3 heteroatoms. The predicted molar refractivity (Wildman–Crippen MR) is 99.0 cm³/mol. The highest BCUT2D eigenvalue weighted by atomic mass is 32.2. The van der Waals surface area contributed by atoms with Gasteiger partial charge in [-0.25, -0.2) is 8.42 Å². The first-order valence-electron chi connectivity index (χ1n) is 8.51. The van der Waals surface area contributed by atoms with Crippen molar-refractivity contribution >= 4 is 9.84 Å². The van der Waals surface area contributed by atoms with Crippen LogP contribution in [0.25, 0.3) is 0 Å². The van der Waals surface area contributed by atoms with E-state index >= 15 is 0 Å². The number of hydrogen-bond acceptors (Lipinski definition) is 2. The predicted octanol–water partition coefficient (Wildman–Crippen LogP) is 5.02. The Kier molecular flexibility index (Phi) is 4.64. The average Bonchev–Trinajstić information content (AvgIpc) is 2.95. The van der Waals surface area contributed by atoms with Crippen LogP contribution in [-0.2, 0) is 22.7 Å². The Bertz CT molecular complexity index is 892. The quantitative estimate of drug-likeness (QED) is 0.783. The van der Waals surface area contributed by atoms with Gasteiger partial charge in [0.2, 0.25) is 9.84 Å². The van der Waals surface area contributed by atoms with Gasteiger partial charge in [0.15, 0.2) is 0 Å². The van der Waals surface area contributed by atoms with Crippen molar-refractivity contribution in [2.45, 2.75) is 50.8 Å². The molecule has 126 valence electrons. The van der Waals surface area contributed by atoms with Gasteiger partial charge >= 0.3 is 0 Å². The zero-order chi connectivity index (χ0) is 17.3. The van der Waals surface area contributed by atoms with E-state index in [1.165, 1.54) is 23.1 Å². The molecule has 1 unspecified atom stereocenters. The maximum absolute atomic E-state index is 12.7. The second-order valence-electron chi connectivity index (χ2n) is 6.66. The van der Waals surface area contributed by atoms with E-state index in [4.69, 9.17) is 0 Å². The molecule has 0 saturated carbocycles. The maximum atomic E-state index is 12.7. The van der Waals surface area contributed by atoms with Crippen LogP contribution in [0.1, 0.15) is 55.4 Å². The van der Waals surface area contributed by atoms with Crippen molar-refractivity contribution in [1.82, 2.24) is 0 Å². The Morgan fingerprint density at radius 3 is 2.71 bits per heavy atom. The normalized spacial score (nSPS) is 17.8. The number of sulfone groups is 1. The number of aryl methyl sites for hydroxylation is 1. The minimum Gasteiger partial charge on any atom is -0.219 e. The molecule has 0 heterocycles. The van der Waals surface area contributed by atoms with Crippen LogP contribution in [0, 0.1) is 0 Å². The molecule has 0 radical (unpaired) electrons. The van der Waals surface area contributed by atoms with E-state index < -0.39 is 9.84 Å². The molecular formula is C21H24O2S. The molecular weight excluding hydrogens is 316 g/mol. The second-order valence-corrected chi connectivity index (χ2v) is 8.75. The molecule has 1 aliphatic rings. The third kappa shape index (κ3) is 3.05. The van der Waals surface area contributed by atoms with Gasteiger partial charge in [0.25, 0.3) is 0 Å². The first-order valence-corrected chi connectivity index (χ1v) is 9.99. The first-order chi connectivity index (χ1) is 11.4. The third-order valence-corrected chi connectivity index (χ3v) is 7.13. The van der Waals surface area contributed by atoms with Crippen LogP contribution in [0.3, 0.4) is 0 Å². The Morgan fingerprint density at radius 1 is 1.21 bits per heavy atom. The Hall–Kier alpha value is -1.87. The lowest BCUT2D eigenvalue weighted by Gasteiger charge is -2.12. The van der Waals surface area contributed by atoms with Gasteiger partial charge in [-0.2, -0.15) is 0 Å². The molecule has 0 bridgehead atoms. The number of rotatable bonds is 4. The molecule has 0 aromatic heterocycles. The Labute approximate surface area is 145 Å². The number of allylic oxidation sites excluding steroid dienone is 2. The summed E-state index contributed by atoms with van der Waals surface area (Å²) in [6.07, 6.45) is 4.64. The van der Waals surface area contributed by atoms with Gasteiger partial charge in [-0.05, 0) is 67.3 Å². The van der Waals surface area contributed by atoms with Crippen molar-refractivity contribution in [1.29, 1.82) is 0 Å². The highest BCUT2D eigenvalue weighted by Crippen LogP contribution is 2.34. The van der Waals surface area contributed by atoms with Crippen LogP contribution in [0.2, 0.25) is 0 Å². The zero-order valence-corrected chi connectivity index (χ0v) is 15.4. The summed E-state index contributed by atoms with van der Waals surface area (Å²) in [5.74, 6) is 0.638. The van der Waals surface area contributed by atoms with E-state index in [1.807, 2.05) is 12.1 Å². The van der Waals surface area contributed by atoms with Gasteiger partial charge in [-0.15, -0.1) is 0 Å². The molecule has 2 aromatic carbocycles. The minimum absolute atomic E-state index is 0.401. The largest absolute Gasteiger partial charge is 0.219 e. The van der Waals surface area contributed by atoms with Crippen LogP contribution in [0.15, 0.2) is 58.3 Å². The van der Waals surface area contributed by atoms with Gasteiger partial charge < -0.3 is 0 Å². The molecule has 3 rings (SSSR count). The van der Waals surface area contributed by atoms with Crippen LogP contribution in [0.5, 0.6) is 0 Å². The third-order valence-electron chi connectivity index (χ3n) is 5.07. The summed E-state index contributed by atoms with van der Waals surface area (Å²) in [6, 6.07) is 14.0. The van der Waals surface area contributed by atoms with Crippen LogP contribution < -0.4 is 0 Å². The van der Waals surface area contributed by atoms with Gasteiger partial charge in [0, 0.05) is 4.91 Å². The zero-order valence-electron chi connectivity index (χ0n) is 14.5. The fourth-order valence-electron chi connectivity index (χ4n) is 3.45. The van der Waals surface area contributed by atoms with Crippen molar-refractivity contribution in [3.63, 3.8) is 0 Å². The fraction of sp³-hybridized carbons (Fsp3) is 0.333. The van der Waals surface area contributed by atoms with Gasteiger partial charge in [0.05, 0.1) is 4.90 Å². The minimum atomic E-state index is -3.40. The van der Waals surface area contributed by atoms with Crippen molar-refractivity contribution in [3.8, 4) is 0 Å². The van der Waals surface area contributed by atoms with E-state index in [9.17, 15) is 8.42 Å². The molecule has 1 aliphatic carbocycles. The van der Waals surface area contributed by atoms with Crippen LogP contribution >= 0.6 is 0 Å². The van der Waals surface area contributed by atoms with Crippen molar-refractivity contribution in [3.05, 3.63) is 75.7 Å². The first kappa shape index (κ1) is 17.0. The van der Waals surface area contributed by atoms with Gasteiger partial charge in [-0.1, -0.05) is 49.4 Å². The molecule has 2 nitrogen and oxygen atoms in total. The maximum Gasteiger partial charge on any atom is 0.202 e. The highest BCUT2D eigenvalue weighted by Gasteiger charge is 2.21. The lowest BCUT2D eigenvalue weighted by molar-refractivity contribution is 0.601. The molecule has 0 fully saturated rings. The fourth-order valence-corrected chi connectivity index (χ4v) is 4.85. The van der Waals surface area contributed by atoms with E-state index in [0.29, 0.717) is 22.1 Å². The molecule has 24 heavy (non-hydrogen) atoms. The summed E-state index contributed by atoms with van der Waals surface area (Å²) in [6.45, 7) is 5.69. The number of benzene rings is 2. The lowest BCUT2D eigenvalue weighted by atomic mass is 9.98. The van der Waals surface area contributed by atoms with E-state index in [-0.39, 0.29) is 0 Å².